The van der Waals surface area contributed by atoms with E-state index >= 15 is 0 Å². The minimum atomic E-state index is -0.415. The van der Waals surface area contributed by atoms with Crippen LogP contribution in [0.5, 0.6) is 0 Å². The van der Waals surface area contributed by atoms with Crippen molar-refractivity contribution >= 4 is 23.2 Å². The van der Waals surface area contributed by atoms with Crippen LogP contribution in [0, 0.1) is 0 Å². The molecule has 4 rings (SSSR count). The zero-order valence-electron chi connectivity index (χ0n) is 19.7. The molecule has 0 bridgehead atoms. The van der Waals surface area contributed by atoms with Crippen LogP contribution >= 0.6 is 11.6 Å². The number of halogens is 1. The molecule has 0 aliphatic heterocycles. The lowest BCUT2D eigenvalue weighted by atomic mass is 9.97. The van der Waals surface area contributed by atoms with Gasteiger partial charge in [-0.2, -0.15) is 0 Å². The van der Waals surface area contributed by atoms with Gasteiger partial charge in [-0.05, 0) is 49.2 Å². The van der Waals surface area contributed by atoms with E-state index in [-0.39, 0.29) is 11.5 Å². The van der Waals surface area contributed by atoms with Crippen LogP contribution in [0.25, 0.3) is 5.65 Å². The summed E-state index contributed by atoms with van der Waals surface area (Å²) in [7, 11) is 0. The Hall–Kier alpha value is -3.48. The monoisotopic (exact) mass is 488 g/mol. The Kier molecular flexibility index (Phi) is 7.95. The molecule has 0 saturated carbocycles. The molecule has 6 nitrogen and oxygen atoms in total. The van der Waals surface area contributed by atoms with Gasteiger partial charge < -0.3 is 10.6 Å². The summed E-state index contributed by atoms with van der Waals surface area (Å²) in [5.74, 6) is -0.198. The molecule has 0 fully saturated rings. The molecule has 180 valence electrons. The average Bonchev–Trinajstić information content (AvgIpc) is 2.89. The predicted molar refractivity (Wildman–Crippen MR) is 140 cm³/mol. The van der Waals surface area contributed by atoms with Gasteiger partial charge in [0.05, 0.1) is 22.3 Å². The molecule has 7 heteroatoms. The van der Waals surface area contributed by atoms with Crippen LogP contribution in [-0.2, 0) is 6.42 Å². The lowest BCUT2D eigenvalue weighted by molar-refractivity contribution is 0.0664. The van der Waals surface area contributed by atoms with Gasteiger partial charge in [-0.25, -0.2) is 4.98 Å². The Bertz CT molecular complexity index is 1370. The first kappa shape index (κ1) is 24.6. The second-order valence-electron chi connectivity index (χ2n) is 8.42. The molecule has 0 spiro atoms. The van der Waals surface area contributed by atoms with Crippen molar-refractivity contribution in [1.82, 2.24) is 14.3 Å². The van der Waals surface area contributed by atoms with Gasteiger partial charge in [0, 0.05) is 24.7 Å². The average molecular weight is 489 g/mol. The number of carbonyl (C=O) groups excluding carboxylic acids is 1. The number of amides is 1. The number of carbonyl (C=O) groups is 1. The molecular formula is C28H29ClN4O2. The lowest BCUT2D eigenvalue weighted by Gasteiger charge is -2.32. The van der Waals surface area contributed by atoms with Gasteiger partial charge in [0.1, 0.15) is 5.65 Å². The summed E-state index contributed by atoms with van der Waals surface area (Å²) in [6.07, 6.45) is 3.34. The summed E-state index contributed by atoms with van der Waals surface area (Å²) in [6, 6.07) is 21.9. The number of pyridine rings is 1. The van der Waals surface area contributed by atoms with Gasteiger partial charge in [0.25, 0.3) is 11.5 Å². The molecule has 1 unspecified atom stereocenters. The maximum Gasteiger partial charge on any atom is 0.261 e. The van der Waals surface area contributed by atoms with Crippen LogP contribution in [-0.4, -0.2) is 33.3 Å². The van der Waals surface area contributed by atoms with Crippen molar-refractivity contribution in [3.05, 3.63) is 117 Å². The maximum atomic E-state index is 13.8. The molecule has 2 aromatic carbocycles. The van der Waals surface area contributed by atoms with Crippen molar-refractivity contribution in [2.24, 2.45) is 5.73 Å². The minimum Gasteiger partial charge on any atom is -0.330 e. The topological polar surface area (TPSA) is 80.7 Å². The fraction of sp³-hybridized carbons (Fsp3) is 0.250. The van der Waals surface area contributed by atoms with Gasteiger partial charge in [0.15, 0.2) is 0 Å². The molecule has 2 heterocycles. The van der Waals surface area contributed by atoms with Crippen molar-refractivity contribution in [2.75, 3.05) is 13.1 Å². The Morgan fingerprint density at radius 3 is 2.49 bits per heavy atom. The largest absolute Gasteiger partial charge is 0.330 e. The van der Waals surface area contributed by atoms with Crippen LogP contribution in [0.2, 0.25) is 5.02 Å². The summed E-state index contributed by atoms with van der Waals surface area (Å²) in [6.45, 7) is 2.87. The van der Waals surface area contributed by atoms with E-state index in [1.165, 1.54) is 0 Å². The third-order valence-corrected chi connectivity index (χ3v) is 6.46. The van der Waals surface area contributed by atoms with Gasteiger partial charge in [0.2, 0.25) is 0 Å². The number of benzene rings is 2. The van der Waals surface area contributed by atoms with E-state index in [4.69, 9.17) is 22.3 Å². The Labute approximate surface area is 210 Å². The van der Waals surface area contributed by atoms with Gasteiger partial charge in [-0.3, -0.25) is 14.0 Å². The maximum absolute atomic E-state index is 13.8. The standard InChI is InChI=1S/C28H29ClN4O2/c1-2-24(32(18-10-16-30)27(34)21-13-6-7-14-23(21)29)26-22(19-20-11-4-3-5-12-20)28(35)33-17-9-8-15-25(33)31-26/h3-9,11-15,17,24H,2,10,16,18-19,30H2,1H3. The zero-order chi connectivity index (χ0) is 24.8. The first-order valence-corrected chi connectivity index (χ1v) is 12.2. The highest BCUT2D eigenvalue weighted by atomic mass is 35.5. The highest BCUT2D eigenvalue weighted by molar-refractivity contribution is 6.33. The van der Waals surface area contributed by atoms with E-state index in [9.17, 15) is 9.59 Å². The van der Waals surface area contributed by atoms with Crippen molar-refractivity contribution in [1.29, 1.82) is 0 Å². The van der Waals surface area contributed by atoms with Crippen molar-refractivity contribution in [3.8, 4) is 0 Å². The van der Waals surface area contributed by atoms with E-state index in [0.29, 0.717) is 59.8 Å². The quantitative estimate of drug-likeness (QED) is 0.364. The first-order valence-electron chi connectivity index (χ1n) is 11.8. The van der Waals surface area contributed by atoms with Crippen molar-refractivity contribution in [3.63, 3.8) is 0 Å². The zero-order valence-corrected chi connectivity index (χ0v) is 20.5. The van der Waals surface area contributed by atoms with Crippen molar-refractivity contribution < 1.29 is 4.79 Å². The molecule has 0 radical (unpaired) electrons. The second-order valence-corrected chi connectivity index (χ2v) is 8.82. The normalized spacial score (nSPS) is 12.0. The SMILES string of the molecule is CCC(c1nc2ccccn2c(=O)c1Cc1ccccc1)N(CCCN)C(=O)c1ccccc1Cl. The fourth-order valence-corrected chi connectivity index (χ4v) is 4.61. The van der Waals surface area contributed by atoms with E-state index < -0.39 is 6.04 Å². The molecule has 0 aliphatic carbocycles. The Balaban J connectivity index is 1.88. The molecule has 0 aliphatic rings. The number of hydrogen-bond acceptors (Lipinski definition) is 4. The number of aromatic nitrogens is 2. The molecule has 2 N–H and O–H groups in total. The van der Waals surface area contributed by atoms with Crippen LogP contribution in [0.3, 0.4) is 0 Å². The summed E-state index contributed by atoms with van der Waals surface area (Å²) in [5.41, 5.74) is 8.87. The van der Waals surface area contributed by atoms with E-state index in [1.807, 2.05) is 55.5 Å². The highest BCUT2D eigenvalue weighted by Crippen LogP contribution is 2.29. The van der Waals surface area contributed by atoms with E-state index in [1.54, 1.807) is 39.8 Å². The molecule has 4 aromatic rings. The first-order chi connectivity index (χ1) is 17.0. The number of nitrogens with zero attached hydrogens (tertiary/aromatic N) is 3. The second kappa shape index (κ2) is 11.3. The van der Waals surface area contributed by atoms with Crippen LogP contribution < -0.4 is 11.3 Å². The number of fused-ring (bicyclic) bond motifs is 1. The molecule has 0 saturated heterocycles. The van der Waals surface area contributed by atoms with Crippen molar-refractivity contribution in [2.45, 2.75) is 32.2 Å². The van der Waals surface area contributed by atoms with Crippen LogP contribution in [0.15, 0.2) is 83.8 Å². The lowest BCUT2D eigenvalue weighted by Crippen LogP contribution is -2.38. The predicted octanol–water partition coefficient (Wildman–Crippen LogP) is 4.88. The Morgan fingerprint density at radius 1 is 1.06 bits per heavy atom. The summed E-state index contributed by atoms with van der Waals surface area (Å²) in [5, 5.41) is 0.390. The third kappa shape index (κ3) is 5.29. The van der Waals surface area contributed by atoms with E-state index in [2.05, 4.69) is 0 Å². The Morgan fingerprint density at radius 2 is 1.77 bits per heavy atom. The van der Waals surface area contributed by atoms with Crippen LogP contribution in [0.4, 0.5) is 0 Å². The number of hydrogen-bond donors (Lipinski definition) is 1. The van der Waals surface area contributed by atoms with Crippen LogP contribution in [0.1, 0.15) is 53.0 Å². The summed E-state index contributed by atoms with van der Waals surface area (Å²) >= 11 is 6.39. The third-order valence-electron chi connectivity index (χ3n) is 6.13. The van der Waals surface area contributed by atoms with Gasteiger partial charge in [-0.15, -0.1) is 0 Å². The molecule has 1 atom stereocenters. The number of nitrogens with two attached hydrogens (primary N) is 1. The summed E-state index contributed by atoms with van der Waals surface area (Å²) < 4.78 is 1.56. The highest BCUT2D eigenvalue weighted by Gasteiger charge is 2.30. The van der Waals surface area contributed by atoms with E-state index in [0.717, 1.165) is 5.56 Å². The number of rotatable bonds is 9. The van der Waals surface area contributed by atoms with Gasteiger partial charge in [-0.1, -0.05) is 67.1 Å². The summed E-state index contributed by atoms with van der Waals surface area (Å²) in [4.78, 5) is 34.1. The molecule has 35 heavy (non-hydrogen) atoms. The minimum absolute atomic E-state index is 0.128. The fourth-order valence-electron chi connectivity index (χ4n) is 4.40. The molecule has 1 amide bonds. The smallest absolute Gasteiger partial charge is 0.261 e. The molecule has 2 aromatic heterocycles. The van der Waals surface area contributed by atoms with Gasteiger partial charge >= 0.3 is 0 Å². The molecular weight excluding hydrogens is 460 g/mol.